The third-order valence-electron chi connectivity index (χ3n) is 3.92. The molecule has 6 heteroatoms. The molecule has 0 spiro atoms. The Hall–Kier alpha value is -1.07. The van der Waals surface area contributed by atoms with Crippen molar-refractivity contribution >= 4 is 11.6 Å². The fourth-order valence-electron chi connectivity index (χ4n) is 3.00. The zero-order valence-corrected chi connectivity index (χ0v) is 11.6. The quantitative estimate of drug-likeness (QED) is 0.798. The molecule has 1 saturated carbocycles. The number of hydrogen-bond acceptors (Lipinski definition) is 5. The lowest BCUT2D eigenvalue weighted by Gasteiger charge is -2.41. The summed E-state index contributed by atoms with van der Waals surface area (Å²) in [6, 6.07) is 0. The van der Waals surface area contributed by atoms with Crippen LogP contribution in [-0.4, -0.2) is 36.4 Å². The monoisotopic (exact) mass is 284 g/mol. The van der Waals surface area contributed by atoms with Gasteiger partial charge in [0.1, 0.15) is 12.4 Å². The summed E-state index contributed by atoms with van der Waals surface area (Å²) in [7, 11) is 1.54. The maximum absolute atomic E-state index is 6.08. The van der Waals surface area contributed by atoms with E-state index in [1.807, 2.05) is 0 Å². The van der Waals surface area contributed by atoms with Crippen LogP contribution in [0.1, 0.15) is 19.3 Å². The largest absolute Gasteiger partial charge is 0.489 e. The van der Waals surface area contributed by atoms with E-state index in [-0.39, 0.29) is 11.3 Å². The number of aromatic nitrogens is 2. The Morgan fingerprint density at radius 1 is 1.26 bits per heavy atom. The van der Waals surface area contributed by atoms with Crippen LogP contribution >= 0.6 is 11.6 Å². The molecule has 19 heavy (non-hydrogen) atoms. The molecule has 2 fully saturated rings. The zero-order chi connectivity index (χ0) is 13.2. The number of fused-ring (bicyclic) bond motifs is 2. The van der Waals surface area contributed by atoms with Crippen molar-refractivity contribution in [3.05, 3.63) is 11.5 Å². The van der Waals surface area contributed by atoms with E-state index in [1.54, 1.807) is 7.11 Å². The van der Waals surface area contributed by atoms with E-state index in [0.717, 1.165) is 26.1 Å². The molecule has 1 saturated heterocycles. The predicted molar refractivity (Wildman–Crippen MR) is 69.7 cm³/mol. The van der Waals surface area contributed by atoms with Crippen LogP contribution in [0.2, 0.25) is 5.15 Å². The van der Waals surface area contributed by atoms with Crippen LogP contribution in [0.15, 0.2) is 6.33 Å². The van der Waals surface area contributed by atoms with Crippen LogP contribution in [0.4, 0.5) is 0 Å². The molecule has 104 valence electrons. The molecular formula is C13H17ClN2O3. The van der Waals surface area contributed by atoms with Gasteiger partial charge in [-0.25, -0.2) is 4.98 Å². The van der Waals surface area contributed by atoms with Gasteiger partial charge in [0.05, 0.1) is 20.3 Å². The lowest BCUT2D eigenvalue weighted by atomic mass is 9.78. The number of halogens is 1. The Balaban J connectivity index is 1.82. The zero-order valence-electron chi connectivity index (χ0n) is 10.8. The van der Waals surface area contributed by atoms with Gasteiger partial charge in [-0.1, -0.05) is 18.0 Å². The molecule has 0 aromatic carbocycles. The van der Waals surface area contributed by atoms with Gasteiger partial charge in [0.15, 0.2) is 5.15 Å². The highest BCUT2D eigenvalue weighted by molar-refractivity contribution is 6.31. The van der Waals surface area contributed by atoms with Crippen molar-refractivity contribution in [1.82, 2.24) is 9.97 Å². The van der Waals surface area contributed by atoms with Crippen LogP contribution < -0.4 is 9.47 Å². The molecule has 2 bridgehead atoms. The van der Waals surface area contributed by atoms with Crippen molar-refractivity contribution in [2.45, 2.75) is 25.4 Å². The van der Waals surface area contributed by atoms with E-state index in [0.29, 0.717) is 23.5 Å². The predicted octanol–water partition coefficient (Wildman–Crippen LogP) is 2.33. The van der Waals surface area contributed by atoms with E-state index in [1.165, 1.54) is 12.7 Å². The van der Waals surface area contributed by atoms with E-state index >= 15 is 0 Å². The lowest BCUT2D eigenvalue weighted by molar-refractivity contribution is -0.0924. The summed E-state index contributed by atoms with van der Waals surface area (Å²) >= 11 is 5.99. The van der Waals surface area contributed by atoms with Gasteiger partial charge in [0.25, 0.3) is 5.88 Å². The molecule has 2 heterocycles. The summed E-state index contributed by atoms with van der Waals surface area (Å²) in [4.78, 5) is 8.05. The first-order valence-electron chi connectivity index (χ1n) is 6.58. The first-order chi connectivity index (χ1) is 9.29. The summed E-state index contributed by atoms with van der Waals surface area (Å²) < 4.78 is 16.9. The molecule has 1 aliphatic heterocycles. The van der Waals surface area contributed by atoms with E-state index in [9.17, 15) is 0 Å². The SMILES string of the molecule is COc1c(Cl)ncnc1OC1C2CCCC1COC2. The minimum absolute atomic E-state index is 0.141. The summed E-state index contributed by atoms with van der Waals surface area (Å²) in [6.07, 6.45) is 5.07. The number of nitrogens with zero attached hydrogens (tertiary/aromatic N) is 2. The Bertz CT molecular complexity index is 436. The number of hydrogen-bond donors (Lipinski definition) is 0. The summed E-state index contributed by atoms with van der Waals surface area (Å²) in [6.45, 7) is 1.53. The molecule has 1 aromatic rings. The fourth-order valence-corrected chi connectivity index (χ4v) is 3.20. The molecule has 1 aromatic heterocycles. The first kappa shape index (κ1) is 12.9. The van der Waals surface area contributed by atoms with Crippen molar-refractivity contribution in [3.8, 4) is 11.6 Å². The number of rotatable bonds is 3. The van der Waals surface area contributed by atoms with Gasteiger partial charge in [-0.2, -0.15) is 4.98 Å². The molecule has 5 nitrogen and oxygen atoms in total. The Labute approximate surface area is 117 Å². The molecule has 2 aliphatic rings. The van der Waals surface area contributed by atoms with Crippen LogP contribution in [-0.2, 0) is 4.74 Å². The number of ether oxygens (including phenoxy) is 3. The van der Waals surface area contributed by atoms with Crippen LogP contribution in [0, 0.1) is 11.8 Å². The van der Waals surface area contributed by atoms with Crippen LogP contribution in [0.5, 0.6) is 11.6 Å². The third kappa shape index (κ3) is 2.49. The third-order valence-corrected chi connectivity index (χ3v) is 4.19. The summed E-state index contributed by atoms with van der Waals surface area (Å²) in [5, 5.41) is 0.282. The van der Waals surface area contributed by atoms with Gasteiger partial charge in [-0.05, 0) is 12.8 Å². The highest BCUT2D eigenvalue weighted by atomic mass is 35.5. The van der Waals surface area contributed by atoms with Crippen molar-refractivity contribution in [3.63, 3.8) is 0 Å². The van der Waals surface area contributed by atoms with Gasteiger partial charge in [-0.15, -0.1) is 0 Å². The minimum atomic E-state index is 0.141. The second-order valence-corrected chi connectivity index (χ2v) is 5.43. The number of methoxy groups -OCH3 is 1. The molecule has 1 aliphatic carbocycles. The van der Waals surface area contributed by atoms with Gasteiger partial charge >= 0.3 is 0 Å². The van der Waals surface area contributed by atoms with Gasteiger partial charge < -0.3 is 14.2 Å². The molecular weight excluding hydrogens is 268 g/mol. The molecule has 0 N–H and O–H groups in total. The second-order valence-electron chi connectivity index (χ2n) is 5.07. The second kappa shape index (κ2) is 5.51. The smallest absolute Gasteiger partial charge is 0.262 e. The maximum atomic E-state index is 6.08. The molecule has 2 atom stereocenters. The molecule has 3 rings (SSSR count). The molecule has 0 amide bonds. The highest BCUT2D eigenvalue weighted by Gasteiger charge is 2.39. The first-order valence-corrected chi connectivity index (χ1v) is 6.96. The van der Waals surface area contributed by atoms with Gasteiger partial charge in [-0.3, -0.25) is 0 Å². The molecule has 0 radical (unpaired) electrons. The Kier molecular flexibility index (Phi) is 3.75. The molecule has 2 unspecified atom stereocenters. The van der Waals surface area contributed by atoms with Crippen molar-refractivity contribution < 1.29 is 14.2 Å². The van der Waals surface area contributed by atoms with Gasteiger partial charge in [0.2, 0.25) is 5.75 Å². The van der Waals surface area contributed by atoms with Crippen molar-refractivity contribution in [2.75, 3.05) is 20.3 Å². The Morgan fingerprint density at radius 3 is 2.68 bits per heavy atom. The average Bonchev–Trinajstić information content (AvgIpc) is 2.39. The van der Waals surface area contributed by atoms with Crippen molar-refractivity contribution in [2.24, 2.45) is 11.8 Å². The minimum Gasteiger partial charge on any atom is -0.489 e. The standard InChI is InChI=1S/C13H17ClN2O3/c1-17-11-12(14)15-7-16-13(11)19-10-8-3-2-4-9(10)6-18-5-8/h7-10H,2-6H2,1H3. The van der Waals surface area contributed by atoms with E-state index in [2.05, 4.69) is 9.97 Å². The van der Waals surface area contributed by atoms with Gasteiger partial charge in [0, 0.05) is 11.8 Å². The van der Waals surface area contributed by atoms with Crippen LogP contribution in [0.3, 0.4) is 0 Å². The maximum Gasteiger partial charge on any atom is 0.262 e. The summed E-state index contributed by atoms with van der Waals surface area (Å²) in [5.74, 6) is 1.72. The van der Waals surface area contributed by atoms with E-state index in [4.69, 9.17) is 25.8 Å². The Morgan fingerprint density at radius 2 is 2.00 bits per heavy atom. The average molecular weight is 285 g/mol. The lowest BCUT2D eigenvalue weighted by Crippen LogP contribution is -2.46. The summed E-state index contributed by atoms with van der Waals surface area (Å²) in [5.41, 5.74) is 0. The van der Waals surface area contributed by atoms with Crippen LogP contribution in [0.25, 0.3) is 0 Å². The highest BCUT2D eigenvalue weighted by Crippen LogP contribution is 2.39. The van der Waals surface area contributed by atoms with Crippen molar-refractivity contribution in [1.29, 1.82) is 0 Å². The normalized spacial score (nSPS) is 29.9. The fraction of sp³-hybridized carbons (Fsp3) is 0.692. The van der Waals surface area contributed by atoms with E-state index < -0.39 is 0 Å². The topological polar surface area (TPSA) is 53.5 Å².